The van der Waals surface area contributed by atoms with E-state index >= 15 is 0 Å². The molecule has 0 bridgehead atoms. The van der Waals surface area contributed by atoms with Gasteiger partial charge in [0.2, 0.25) is 5.91 Å². The van der Waals surface area contributed by atoms with Gasteiger partial charge < -0.3 is 5.32 Å². The standard InChI is InChI=1S/C20H18N6OS/c27-19(8-18-12-28-20(25-18)17-2-1-7-21-10-17)23-9-15-3-5-16(6-4-15)11-26-14-22-13-24-26/h1-7,10,12-14H,8-9,11H2,(H,23,27). The van der Waals surface area contributed by atoms with Crippen LogP contribution in [0.1, 0.15) is 16.8 Å². The summed E-state index contributed by atoms with van der Waals surface area (Å²) in [5.74, 6) is -0.0465. The fourth-order valence-electron chi connectivity index (χ4n) is 2.70. The number of amides is 1. The molecule has 3 heterocycles. The third kappa shape index (κ3) is 4.66. The van der Waals surface area contributed by atoms with E-state index < -0.39 is 0 Å². The summed E-state index contributed by atoms with van der Waals surface area (Å²) in [6, 6.07) is 11.9. The lowest BCUT2D eigenvalue weighted by molar-refractivity contribution is -0.120. The first kappa shape index (κ1) is 18.0. The minimum atomic E-state index is -0.0465. The summed E-state index contributed by atoms with van der Waals surface area (Å²) in [7, 11) is 0. The molecule has 140 valence electrons. The van der Waals surface area contributed by atoms with Gasteiger partial charge >= 0.3 is 0 Å². The molecule has 0 saturated carbocycles. The van der Waals surface area contributed by atoms with E-state index in [9.17, 15) is 4.79 Å². The van der Waals surface area contributed by atoms with Gasteiger partial charge in [-0.1, -0.05) is 24.3 Å². The number of hydrogen-bond acceptors (Lipinski definition) is 6. The first-order chi connectivity index (χ1) is 13.8. The Bertz CT molecular complexity index is 1030. The number of carbonyl (C=O) groups excluding carboxylic acids is 1. The van der Waals surface area contributed by atoms with Gasteiger partial charge in [0.15, 0.2) is 0 Å². The second-order valence-corrected chi connectivity index (χ2v) is 7.11. The molecule has 1 N–H and O–H groups in total. The molecule has 4 aromatic rings. The van der Waals surface area contributed by atoms with E-state index in [4.69, 9.17) is 0 Å². The Hall–Kier alpha value is -3.39. The Balaban J connectivity index is 1.28. The fraction of sp³-hybridized carbons (Fsp3) is 0.150. The molecule has 0 spiro atoms. The van der Waals surface area contributed by atoms with Crippen LogP contribution in [0.2, 0.25) is 0 Å². The first-order valence-electron chi connectivity index (χ1n) is 8.78. The average Bonchev–Trinajstić information content (AvgIpc) is 3.40. The van der Waals surface area contributed by atoms with Crippen molar-refractivity contribution in [3.63, 3.8) is 0 Å². The molecule has 1 amide bonds. The lowest BCUT2D eigenvalue weighted by atomic mass is 10.1. The molecule has 4 rings (SSSR count). The molecular weight excluding hydrogens is 372 g/mol. The molecule has 0 atom stereocenters. The van der Waals surface area contributed by atoms with Crippen molar-refractivity contribution >= 4 is 17.2 Å². The number of thiazole rings is 1. The minimum Gasteiger partial charge on any atom is -0.352 e. The van der Waals surface area contributed by atoms with Gasteiger partial charge in [0.05, 0.1) is 18.7 Å². The number of aromatic nitrogens is 5. The quantitative estimate of drug-likeness (QED) is 0.524. The summed E-state index contributed by atoms with van der Waals surface area (Å²) < 4.78 is 1.77. The van der Waals surface area contributed by atoms with E-state index in [1.807, 2.05) is 41.8 Å². The van der Waals surface area contributed by atoms with E-state index in [2.05, 4.69) is 25.4 Å². The third-order valence-electron chi connectivity index (χ3n) is 4.13. The molecule has 8 heteroatoms. The maximum Gasteiger partial charge on any atom is 0.226 e. The summed E-state index contributed by atoms with van der Waals surface area (Å²) in [4.78, 5) is 24.8. The van der Waals surface area contributed by atoms with Crippen LogP contribution in [0.5, 0.6) is 0 Å². The third-order valence-corrected chi connectivity index (χ3v) is 5.07. The number of rotatable bonds is 7. The van der Waals surface area contributed by atoms with Gasteiger partial charge in [-0.05, 0) is 23.3 Å². The zero-order chi connectivity index (χ0) is 19.2. The fourth-order valence-corrected chi connectivity index (χ4v) is 3.51. The van der Waals surface area contributed by atoms with Crippen LogP contribution in [0.15, 0.2) is 66.8 Å². The lowest BCUT2D eigenvalue weighted by Gasteiger charge is -2.06. The van der Waals surface area contributed by atoms with Gasteiger partial charge in [0.1, 0.15) is 17.7 Å². The second-order valence-electron chi connectivity index (χ2n) is 6.25. The van der Waals surface area contributed by atoms with E-state index in [0.717, 1.165) is 27.4 Å². The van der Waals surface area contributed by atoms with Gasteiger partial charge in [-0.25, -0.2) is 14.6 Å². The van der Waals surface area contributed by atoms with Crippen LogP contribution in [0.3, 0.4) is 0 Å². The number of hydrogen-bond donors (Lipinski definition) is 1. The molecule has 1 aromatic carbocycles. The summed E-state index contributed by atoms with van der Waals surface area (Å²) in [5.41, 5.74) is 3.91. The van der Waals surface area contributed by atoms with Gasteiger partial charge in [-0.3, -0.25) is 9.78 Å². The molecule has 3 aromatic heterocycles. The maximum atomic E-state index is 12.2. The predicted octanol–water partition coefficient (Wildman–Crippen LogP) is 2.70. The molecule has 0 aliphatic rings. The normalized spacial score (nSPS) is 10.7. The van der Waals surface area contributed by atoms with Crippen LogP contribution in [-0.4, -0.2) is 30.6 Å². The van der Waals surface area contributed by atoms with Crippen molar-refractivity contribution in [2.75, 3.05) is 0 Å². The summed E-state index contributed by atoms with van der Waals surface area (Å²) in [5, 5.41) is 9.83. The molecule has 0 aliphatic heterocycles. The van der Waals surface area contributed by atoms with Crippen LogP contribution < -0.4 is 5.32 Å². The second kappa shape index (κ2) is 8.53. The molecular formula is C20H18N6OS. The van der Waals surface area contributed by atoms with Gasteiger partial charge in [0.25, 0.3) is 0 Å². The Kier molecular flexibility index (Phi) is 5.48. The van der Waals surface area contributed by atoms with Crippen LogP contribution in [0, 0.1) is 0 Å². The maximum absolute atomic E-state index is 12.2. The van der Waals surface area contributed by atoms with Crippen LogP contribution >= 0.6 is 11.3 Å². The lowest BCUT2D eigenvalue weighted by Crippen LogP contribution is -2.24. The van der Waals surface area contributed by atoms with Crippen molar-refractivity contribution in [1.82, 2.24) is 30.0 Å². The van der Waals surface area contributed by atoms with Crippen molar-refractivity contribution in [2.24, 2.45) is 0 Å². The number of nitrogens with one attached hydrogen (secondary N) is 1. The molecule has 7 nitrogen and oxygen atoms in total. The van der Waals surface area contributed by atoms with Crippen molar-refractivity contribution in [2.45, 2.75) is 19.5 Å². The molecule has 28 heavy (non-hydrogen) atoms. The average molecular weight is 390 g/mol. The number of benzene rings is 1. The Morgan fingerprint density at radius 3 is 2.71 bits per heavy atom. The monoisotopic (exact) mass is 390 g/mol. The van der Waals surface area contributed by atoms with Crippen LogP contribution in [0.25, 0.3) is 10.6 Å². The number of pyridine rings is 1. The first-order valence-corrected chi connectivity index (χ1v) is 9.66. The highest BCUT2D eigenvalue weighted by molar-refractivity contribution is 7.13. The van der Waals surface area contributed by atoms with E-state index in [-0.39, 0.29) is 12.3 Å². The van der Waals surface area contributed by atoms with Crippen molar-refractivity contribution in [3.05, 3.63) is 83.6 Å². The zero-order valence-corrected chi connectivity index (χ0v) is 15.8. The molecule has 0 saturated heterocycles. The van der Waals surface area contributed by atoms with Crippen molar-refractivity contribution in [3.8, 4) is 10.6 Å². The topological polar surface area (TPSA) is 85.6 Å². The van der Waals surface area contributed by atoms with E-state index in [1.165, 1.54) is 17.7 Å². The summed E-state index contributed by atoms with van der Waals surface area (Å²) >= 11 is 1.52. The van der Waals surface area contributed by atoms with E-state index in [1.54, 1.807) is 23.4 Å². The molecule has 0 aliphatic carbocycles. The number of carbonyl (C=O) groups is 1. The SMILES string of the molecule is O=C(Cc1csc(-c2cccnc2)n1)NCc1ccc(Cn2cncn2)cc1. The van der Waals surface area contributed by atoms with Gasteiger partial charge in [-0.15, -0.1) is 11.3 Å². The molecule has 0 fully saturated rings. The van der Waals surface area contributed by atoms with Crippen molar-refractivity contribution in [1.29, 1.82) is 0 Å². The Morgan fingerprint density at radius 2 is 1.96 bits per heavy atom. The van der Waals surface area contributed by atoms with Crippen molar-refractivity contribution < 1.29 is 4.79 Å². The molecule has 0 unspecified atom stereocenters. The number of nitrogens with zero attached hydrogens (tertiary/aromatic N) is 5. The Morgan fingerprint density at radius 1 is 1.11 bits per heavy atom. The highest BCUT2D eigenvalue weighted by atomic mass is 32.1. The smallest absolute Gasteiger partial charge is 0.226 e. The Labute approximate surface area is 166 Å². The van der Waals surface area contributed by atoms with E-state index in [0.29, 0.717) is 13.1 Å². The molecule has 0 radical (unpaired) electrons. The van der Waals surface area contributed by atoms with Gasteiger partial charge in [-0.2, -0.15) is 5.10 Å². The largest absolute Gasteiger partial charge is 0.352 e. The predicted molar refractivity (Wildman–Crippen MR) is 106 cm³/mol. The van der Waals surface area contributed by atoms with Crippen LogP contribution in [0.4, 0.5) is 0 Å². The summed E-state index contributed by atoms with van der Waals surface area (Å²) in [6.07, 6.45) is 6.97. The van der Waals surface area contributed by atoms with Crippen LogP contribution in [-0.2, 0) is 24.3 Å². The zero-order valence-electron chi connectivity index (χ0n) is 15.0. The van der Waals surface area contributed by atoms with Gasteiger partial charge in [0, 0.05) is 29.9 Å². The highest BCUT2D eigenvalue weighted by Crippen LogP contribution is 2.22. The highest BCUT2D eigenvalue weighted by Gasteiger charge is 2.09. The summed E-state index contributed by atoms with van der Waals surface area (Å²) in [6.45, 7) is 1.16. The minimum absolute atomic E-state index is 0.0465.